The Hall–Kier alpha value is -3.04. The summed E-state index contributed by atoms with van der Waals surface area (Å²) in [6.07, 6.45) is 1.83. The molecule has 0 aliphatic heterocycles. The van der Waals surface area contributed by atoms with Crippen LogP contribution in [0.5, 0.6) is 0 Å². The van der Waals surface area contributed by atoms with Crippen LogP contribution in [0.1, 0.15) is 50.1 Å². The van der Waals surface area contributed by atoms with Crippen LogP contribution in [-0.4, -0.2) is 20.2 Å². The molecule has 0 atom stereocenters. The van der Waals surface area contributed by atoms with E-state index in [2.05, 4.69) is 15.3 Å². The standard InChI is InChI=1S/C24H23F5N4O/c1-12(2)24(28,29)16-6-4-5-14(17(16)25)7-30-20-15-8-33(23-9-22(27,10-23)11-23)21(34)18(26)19(15)31-13(3)32-20/h4-6,8,12H,7,9-11H2,1-3H3,(H,30,31,32). The lowest BCUT2D eigenvalue weighted by Crippen LogP contribution is -2.71. The van der Waals surface area contributed by atoms with Gasteiger partial charge in [0.25, 0.3) is 11.5 Å². The van der Waals surface area contributed by atoms with Gasteiger partial charge >= 0.3 is 0 Å². The first kappa shape index (κ1) is 22.7. The molecule has 0 spiro atoms. The Bertz CT molecular complexity index is 1360. The van der Waals surface area contributed by atoms with Crippen molar-refractivity contribution in [1.82, 2.24) is 14.5 Å². The average molecular weight is 478 g/mol. The van der Waals surface area contributed by atoms with Gasteiger partial charge in [0.15, 0.2) is 0 Å². The van der Waals surface area contributed by atoms with Crippen LogP contribution in [0.2, 0.25) is 0 Å². The van der Waals surface area contributed by atoms with Crippen LogP contribution in [0.15, 0.2) is 29.2 Å². The molecule has 3 aliphatic rings. The summed E-state index contributed by atoms with van der Waals surface area (Å²) < 4.78 is 74.2. The van der Waals surface area contributed by atoms with Crippen LogP contribution in [0.4, 0.5) is 27.8 Å². The Morgan fingerprint density at radius 3 is 2.44 bits per heavy atom. The number of hydrogen-bond acceptors (Lipinski definition) is 4. The summed E-state index contributed by atoms with van der Waals surface area (Å²) in [5.74, 6) is -6.27. The molecule has 6 rings (SSSR count). The van der Waals surface area contributed by atoms with Gasteiger partial charge in [-0.2, -0.15) is 4.39 Å². The van der Waals surface area contributed by atoms with Crippen molar-refractivity contribution in [1.29, 1.82) is 0 Å². The third-order valence-corrected chi connectivity index (χ3v) is 6.99. The number of aryl methyl sites for hydroxylation is 1. The minimum atomic E-state index is -3.35. The largest absolute Gasteiger partial charge is 0.365 e. The van der Waals surface area contributed by atoms with E-state index in [-0.39, 0.29) is 53.9 Å². The first-order valence-electron chi connectivity index (χ1n) is 11.1. The smallest absolute Gasteiger partial charge is 0.289 e. The second-order valence-electron chi connectivity index (χ2n) is 9.82. The maximum Gasteiger partial charge on any atom is 0.289 e. The van der Waals surface area contributed by atoms with E-state index in [0.717, 1.165) is 6.07 Å². The highest BCUT2D eigenvalue weighted by atomic mass is 19.3. The summed E-state index contributed by atoms with van der Waals surface area (Å²) >= 11 is 0. The lowest BCUT2D eigenvalue weighted by molar-refractivity contribution is -0.199. The molecule has 0 amide bonds. The van der Waals surface area contributed by atoms with Gasteiger partial charge in [-0.05, 0) is 6.92 Å². The van der Waals surface area contributed by atoms with E-state index in [1.807, 2.05) is 0 Å². The molecule has 3 fully saturated rings. The van der Waals surface area contributed by atoms with E-state index in [4.69, 9.17) is 0 Å². The lowest BCUT2D eigenvalue weighted by Gasteiger charge is -2.66. The summed E-state index contributed by atoms with van der Waals surface area (Å²) in [7, 11) is 0. The van der Waals surface area contributed by atoms with Crippen molar-refractivity contribution in [3.63, 3.8) is 0 Å². The summed E-state index contributed by atoms with van der Waals surface area (Å²) in [6.45, 7) is 3.92. The highest BCUT2D eigenvalue weighted by Crippen LogP contribution is 2.67. The average Bonchev–Trinajstić information content (AvgIpc) is 2.72. The minimum Gasteiger partial charge on any atom is -0.365 e. The Kier molecular flexibility index (Phi) is 4.83. The van der Waals surface area contributed by atoms with Gasteiger partial charge in [0.2, 0.25) is 5.82 Å². The molecule has 3 aromatic rings. The maximum absolute atomic E-state index is 15.0. The molecule has 0 radical (unpaired) electrons. The van der Waals surface area contributed by atoms with E-state index < -0.39 is 45.8 Å². The van der Waals surface area contributed by atoms with Gasteiger partial charge in [-0.15, -0.1) is 0 Å². The molecule has 1 aromatic carbocycles. The molecule has 2 heterocycles. The van der Waals surface area contributed by atoms with E-state index in [9.17, 15) is 22.4 Å². The van der Waals surface area contributed by atoms with Crippen LogP contribution in [-0.2, 0) is 18.0 Å². The van der Waals surface area contributed by atoms with Gasteiger partial charge in [-0.3, -0.25) is 4.79 Å². The van der Waals surface area contributed by atoms with Crippen LogP contribution in [0.25, 0.3) is 10.9 Å². The van der Waals surface area contributed by atoms with Crippen LogP contribution < -0.4 is 10.9 Å². The van der Waals surface area contributed by atoms with E-state index in [1.165, 1.54) is 43.7 Å². The Labute approximate surface area is 192 Å². The Balaban J connectivity index is 1.53. The fourth-order valence-electron chi connectivity index (χ4n) is 5.09. The number of fused-ring (bicyclic) bond motifs is 1. The Morgan fingerprint density at radius 2 is 1.82 bits per heavy atom. The summed E-state index contributed by atoms with van der Waals surface area (Å²) in [5, 5.41) is 3.05. The van der Waals surface area contributed by atoms with Gasteiger partial charge in [0, 0.05) is 43.5 Å². The van der Waals surface area contributed by atoms with Crippen LogP contribution >= 0.6 is 0 Å². The number of anilines is 1. The third-order valence-electron chi connectivity index (χ3n) is 6.99. The summed E-state index contributed by atoms with van der Waals surface area (Å²) in [4.78, 5) is 21.0. The molecule has 0 unspecified atom stereocenters. The van der Waals surface area contributed by atoms with Crippen molar-refractivity contribution in [2.24, 2.45) is 5.92 Å². The first-order chi connectivity index (χ1) is 15.9. The predicted octanol–water partition coefficient (Wildman–Crippen LogP) is 5.34. The van der Waals surface area contributed by atoms with Crippen molar-refractivity contribution in [3.8, 4) is 0 Å². The molecule has 3 aliphatic carbocycles. The molecular formula is C24H23F5N4O. The number of aromatic nitrogens is 3. The number of alkyl halides is 3. The highest BCUT2D eigenvalue weighted by molar-refractivity contribution is 5.88. The monoisotopic (exact) mass is 478 g/mol. The normalized spacial score (nSPS) is 23.7. The summed E-state index contributed by atoms with van der Waals surface area (Å²) in [5.41, 5.74) is -3.86. The molecule has 1 N–H and O–H groups in total. The SMILES string of the molecule is Cc1nc(NCc2cccc(C(F)(F)C(C)C)c2F)c2cn(C34CC(F)(C3)C4)c(=O)c(F)c2n1. The number of pyridine rings is 1. The fourth-order valence-corrected chi connectivity index (χ4v) is 5.09. The number of nitrogens with one attached hydrogen (secondary N) is 1. The van der Waals surface area contributed by atoms with E-state index in [0.29, 0.717) is 0 Å². The lowest BCUT2D eigenvalue weighted by atomic mass is 9.47. The molecule has 5 nitrogen and oxygen atoms in total. The van der Waals surface area contributed by atoms with Crippen molar-refractivity contribution in [2.45, 2.75) is 63.7 Å². The zero-order valence-corrected chi connectivity index (χ0v) is 18.9. The molecule has 0 saturated heterocycles. The van der Waals surface area contributed by atoms with Crippen LogP contribution in [0, 0.1) is 24.5 Å². The first-order valence-corrected chi connectivity index (χ1v) is 11.1. The molecule has 3 saturated carbocycles. The van der Waals surface area contributed by atoms with Gasteiger partial charge in [-0.1, -0.05) is 32.0 Å². The molecule has 180 valence electrons. The summed E-state index contributed by atoms with van der Waals surface area (Å²) in [6, 6.07) is 3.78. The predicted molar refractivity (Wildman–Crippen MR) is 117 cm³/mol. The Morgan fingerprint density at radius 1 is 1.15 bits per heavy atom. The second kappa shape index (κ2) is 7.23. The van der Waals surface area contributed by atoms with Crippen LogP contribution in [0.3, 0.4) is 0 Å². The number of hydrogen-bond donors (Lipinski definition) is 1. The minimum absolute atomic E-state index is 0.0187. The zero-order valence-electron chi connectivity index (χ0n) is 18.9. The third kappa shape index (κ3) is 3.21. The van der Waals surface area contributed by atoms with Crippen molar-refractivity contribution in [3.05, 3.63) is 63.3 Å². The molecular weight excluding hydrogens is 455 g/mol. The molecule has 2 bridgehead atoms. The quantitative estimate of drug-likeness (QED) is 0.486. The van der Waals surface area contributed by atoms with Gasteiger partial charge in [0.05, 0.1) is 16.5 Å². The number of nitrogens with zero attached hydrogens (tertiary/aromatic N) is 3. The van der Waals surface area contributed by atoms with Gasteiger partial charge in [-0.25, -0.2) is 27.5 Å². The molecule has 10 heteroatoms. The number of benzene rings is 1. The van der Waals surface area contributed by atoms with E-state index in [1.54, 1.807) is 0 Å². The van der Waals surface area contributed by atoms with Gasteiger partial charge < -0.3 is 9.88 Å². The number of halogens is 5. The van der Waals surface area contributed by atoms with Crippen molar-refractivity contribution < 1.29 is 22.0 Å². The van der Waals surface area contributed by atoms with Crippen molar-refractivity contribution >= 4 is 16.7 Å². The van der Waals surface area contributed by atoms with Crippen molar-refractivity contribution in [2.75, 3.05) is 5.32 Å². The maximum atomic E-state index is 15.0. The molecule has 2 aromatic heterocycles. The zero-order chi connectivity index (χ0) is 24.6. The highest BCUT2D eigenvalue weighted by Gasteiger charge is 2.70. The fraction of sp³-hybridized carbons (Fsp3) is 0.458. The molecule has 34 heavy (non-hydrogen) atoms. The second-order valence-corrected chi connectivity index (χ2v) is 9.82. The van der Waals surface area contributed by atoms with E-state index >= 15 is 4.39 Å². The van der Waals surface area contributed by atoms with Gasteiger partial charge in [0.1, 0.15) is 28.6 Å². The number of rotatable bonds is 6. The topological polar surface area (TPSA) is 59.8 Å².